The van der Waals surface area contributed by atoms with Gasteiger partial charge in [-0.25, -0.2) is 9.59 Å². The van der Waals surface area contributed by atoms with Crippen molar-refractivity contribution in [2.45, 2.75) is 26.7 Å². The van der Waals surface area contributed by atoms with Gasteiger partial charge in [-0.15, -0.1) is 0 Å². The Labute approximate surface area is 81.3 Å². The van der Waals surface area contributed by atoms with Gasteiger partial charge in [-0.1, -0.05) is 13.8 Å². The van der Waals surface area contributed by atoms with Gasteiger partial charge in [-0.2, -0.15) is 0 Å². The number of carboxylic acids is 1. The molecule has 0 fully saturated rings. The lowest BCUT2D eigenvalue weighted by atomic mass is 10.0. The molecule has 5 heteroatoms. The van der Waals surface area contributed by atoms with Crippen molar-refractivity contribution in [3.8, 4) is 0 Å². The van der Waals surface area contributed by atoms with Crippen LogP contribution in [0.25, 0.3) is 0 Å². The van der Waals surface area contributed by atoms with Crippen LogP contribution in [0.5, 0.6) is 0 Å². The number of hydrogen-bond donors (Lipinski definition) is 1. The van der Waals surface area contributed by atoms with E-state index in [1.54, 1.807) is 13.8 Å². The van der Waals surface area contributed by atoms with E-state index in [2.05, 4.69) is 4.29 Å². The van der Waals surface area contributed by atoms with Crippen LogP contribution in [0.15, 0.2) is 11.1 Å². The highest BCUT2D eigenvalue weighted by molar-refractivity contribution is 6.16. The highest BCUT2D eigenvalue weighted by Crippen LogP contribution is 2.15. The molecule has 0 aliphatic carbocycles. The van der Waals surface area contributed by atoms with E-state index < -0.39 is 11.9 Å². The Morgan fingerprint density at radius 1 is 1.23 bits per heavy atom. The summed E-state index contributed by atoms with van der Waals surface area (Å²) in [6.07, 6.45) is 0.561. The first kappa shape index (κ1) is 12.0. The predicted octanol–water partition coefficient (Wildman–Crippen LogP) is 1.88. The minimum atomic E-state index is -1.11. The van der Waals surface area contributed by atoms with Crippen molar-refractivity contribution in [2.75, 3.05) is 0 Å². The molecule has 4 nitrogen and oxygen atoms in total. The molecule has 0 unspecified atom stereocenters. The van der Waals surface area contributed by atoms with Crippen molar-refractivity contribution < 1.29 is 19.0 Å². The fourth-order valence-corrected chi connectivity index (χ4v) is 1.11. The van der Waals surface area contributed by atoms with Crippen molar-refractivity contribution >= 4 is 23.8 Å². The number of halogens is 1. The summed E-state index contributed by atoms with van der Waals surface area (Å²) in [4.78, 5) is 21.6. The van der Waals surface area contributed by atoms with Crippen LogP contribution in [-0.4, -0.2) is 17.0 Å². The van der Waals surface area contributed by atoms with E-state index >= 15 is 0 Å². The third-order valence-electron chi connectivity index (χ3n) is 1.65. The van der Waals surface area contributed by atoms with E-state index in [1.807, 2.05) is 0 Å². The lowest BCUT2D eigenvalue weighted by Crippen LogP contribution is -2.11. The Kier molecular flexibility index (Phi) is 5.14. The third kappa shape index (κ3) is 3.06. The molecule has 0 amide bonds. The zero-order valence-electron chi connectivity index (χ0n) is 7.46. The molecule has 0 aliphatic rings. The predicted molar refractivity (Wildman–Crippen MR) is 47.2 cm³/mol. The first-order valence-corrected chi connectivity index (χ1v) is 4.17. The van der Waals surface area contributed by atoms with Crippen LogP contribution < -0.4 is 0 Å². The van der Waals surface area contributed by atoms with Crippen LogP contribution in [0, 0.1) is 0 Å². The van der Waals surface area contributed by atoms with Crippen LogP contribution in [-0.2, 0) is 13.9 Å². The maximum absolute atomic E-state index is 11.0. The van der Waals surface area contributed by atoms with E-state index in [9.17, 15) is 9.59 Å². The van der Waals surface area contributed by atoms with Gasteiger partial charge in [0.1, 0.15) is 11.9 Å². The zero-order chi connectivity index (χ0) is 10.4. The Bertz CT molecular complexity index is 245. The molecule has 0 aromatic heterocycles. The zero-order valence-corrected chi connectivity index (χ0v) is 8.22. The Hall–Kier alpha value is -1.03. The van der Waals surface area contributed by atoms with E-state index in [-0.39, 0.29) is 17.6 Å². The normalized spacial score (nSPS) is 11.9. The molecule has 0 aromatic carbocycles. The molecule has 0 heterocycles. The number of aliphatic carboxylic acids is 1. The Morgan fingerprint density at radius 2 is 1.69 bits per heavy atom. The second kappa shape index (κ2) is 5.59. The van der Waals surface area contributed by atoms with E-state index in [0.717, 1.165) is 0 Å². The molecule has 0 bridgehead atoms. The summed E-state index contributed by atoms with van der Waals surface area (Å²) < 4.78 is 3.95. The van der Waals surface area contributed by atoms with E-state index in [0.29, 0.717) is 6.42 Å². The summed E-state index contributed by atoms with van der Waals surface area (Å²) >= 11 is 4.85. The minimum absolute atomic E-state index is 0.0492. The molecular weight excluding hydrogens is 196 g/mol. The fourth-order valence-electron chi connectivity index (χ4n) is 1.02. The first-order valence-electron chi connectivity index (χ1n) is 3.86. The molecule has 0 aromatic rings. The maximum atomic E-state index is 11.0. The van der Waals surface area contributed by atoms with Crippen molar-refractivity contribution in [3.05, 3.63) is 11.1 Å². The van der Waals surface area contributed by atoms with Gasteiger partial charge in [0.15, 0.2) is 0 Å². The smallest absolute Gasteiger partial charge is 0.352 e. The molecule has 0 atom stereocenters. The molecule has 74 valence electrons. The van der Waals surface area contributed by atoms with Gasteiger partial charge in [0.2, 0.25) is 0 Å². The van der Waals surface area contributed by atoms with Crippen molar-refractivity contribution in [1.29, 1.82) is 0 Å². The van der Waals surface area contributed by atoms with Gasteiger partial charge in [0.25, 0.3) is 0 Å². The number of carboxylic acid groups (broad SMARTS) is 1. The second-order valence-electron chi connectivity index (χ2n) is 2.33. The largest absolute Gasteiger partial charge is 0.478 e. The van der Waals surface area contributed by atoms with Crippen LogP contribution in [0.1, 0.15) is 26.7 Å². The molecular formula is C8H11ClO4. The summed E-state index contributed by atoms with van der Waals surface area (Å²) in [5.74, 6) is -1.90. The molecule has 0 aliphatic heterocycles. The molecule has 13 heavy (non-hydrogen) atoms. The molecule has 0 rings (SSSR count). The molecule has 0 spiro atoms. The average molecular weight is 207 g/mol. The average Bonchev–Trinajstić information content (AvgIpc) is 2.12. The topological polar surface area (TPSA) is 63.6 Å². The maximum Gasteiger partial charge on any atom is 0.352 e. The lowest BCUT2D eigenvalue weighted by molar-refractivity contribution is -0.134. The second-order valence-corrected chi connectivity index (χ2v) is 2.49. The number of carbonyl (C=O) groups is 2. The summed E-state index contributed by atoms with van der Waals surface area (Å²) in [5, 5.41) is 8.71. The lowest BCUT2D eigenvalue weighted by Gasteiger charge is -2.04. The van der Waals surface area contributed by atoms with Crippen LogP contribution >= 0.6 is 11.9 Å². The van der Waals surface area contributed by atoms with Gasteiger partial charge in [0.05, 0.1) is 0 Å². The van der Waals surface area contributed by atoms with Crippen molar-refractivity contribution in [1.82, 2.24) is 0 Å². The number of carbonyl (C=O) groups excluding carboxylic acids is 1. The van der Waals surface area contributed by atoms with E-state index in [1.165, 1.54) is 0 Å². The van der Waals surface area contributed by atoms with Gasteiger partial charge in [0, 0.05) is 11.1 Å². The first-order chi connectivity index (χ1) is 6.08. The van der Waals surface area contributed by atoms with Gasteiger partial charge < -0.3 is 9.40 Å². The Balaban J connectivity index is 5.05. The SMILES string of the molecule is CC/C(C(=O)O)=C(/CC)C(=O)OCl. The monoisotopic (exact) mass is 206 g/mol. The van der Waals surface area contributed by atoms with Crippen LogP contribution in [0.2, 0.25) is 0 Å². The van der Waals surface area contributed by atoms with Gasteiger partial charge >= 0.3 is 11.9 Å². The highest BCUT2D eigenvalue weighted by atomic mass is 35.5. The van der Waals surface area contributed by atoms with Crippen molar-refractivity contribution in [2.24, 2.45) is 0 Å². The number of rotatable bonds is 4. The summed E-state index contributed by atoms with van der Waals surface area (Å²) in [5.41, 5.74) is 0.165. The van der Waals surface area contributed by atoms with Gasteiger partial charge in [-0.3, -0.25) is 0 Å². The minimum Gasteiger partial charge on any atom is -0.478 e. The van der Waals surface area contributed by atoms with Crippen LogP contribution in [0.4, 0.5) is 0 Å². The molecule has 0 saturated heterocycles. The van der Waals surface area contributed by atoms with Crippen LogP contribution in [0.3, 0.4) is 0 Å². The summed E-state index contributed by atoms with van der Waals surface area (Å²) in [6.45, 7) is 3.32. The highest BCUT2D eigenvalue weighted by Gasteiger charge is 2.18. The number of hydrogen-bond acceptors (Lipinski definition) is 3. The molecule has 0 radical (unpaired) electrons. The van der Waals surface area contributed by atoms with E-state index in [4.69, 9.17) is 17.0 Å². The summed E-state index contributed by atoms with van der Waals surface area (Å²) in [6, 6.07) is 0. The summed E-state index contributed by atoms with van der Waals surface area (Å²) in [7, 11) is 0. The molecule has 0 saturated carbocycles. The fraction of sp³-hybridized carbons (Fsp3) is 0.500. The molecule has 1 N–H and O–H groups in total. The quantitative estimate of drug-likeness (QED) is 0.714. The standard InChI is InChI=1S/C8H11ClO4/c1-3-5(7(10)11)6(4-2)8(12)13-9/h3-4H2,1-2H3,(H,10,11)/b6-5+. The van der Waals surface area contributed by atoms with Gasteiger partial charge in [-0.05, 0) is 12.8 Å². The Morgan fingerprint density at radius 3 is 1.92 bits per heavy atom. The third-order valence-corrected chi connectivity index (χ3v) is 1.79. The van der Waals surface area contributed by atoms with Crippen molar-refractivity contribution in [3.63, 3.8) is 0 Å².